The zero-order valence-electron chi connectivity index (χ0n) is 12.1. The van der Waals surface area contributed by atoms with Crippen molar-refractivity contribution in [1.29, 1.82) is 0 Å². The topological polar surface area (TPSA) is 91.3 Å². The minimum atomic E-state index is -0.862. The average Bonchev–Trinajstić information content (AvgIpc) is 2.92. The van der Waals surface area contributed by atoms with Crippen LogP contribution in [0, 0.1) is 0 Å². The van der Waals surface area contributed by atoms with Crippen LogP contribution >= 0.6 is 11.3 Å². The minimum Gasteiger partial charge on any atom is -0.480 e. The molecule has 1 aromatic carbocycles. The highest BCUT2D eigenvalue weighted by Crippen LogP contribution is 2.23. The molecule has 0 spiro atoms. The molecule has 1 amide bonds. The fourth-order valence-electron chi connectivity index (χ4n) is 1.88. The van der Waals surface area contributed by atoms with Crippen molar-refractivity contribution in [1.82, 2.24) is 10.3 Å². The van der Waals surface area contributed by atoms with Gasteiger partial charge in [0.05, 0.1) is 17.2 Å². The monoisotopic (exact) mass is 319 g/mol. The van der Waals surface area contributed by atoms with Crippen molar-refractivity contribution in [3.8, 4) is 11.3 Å². The summed E-state index contributed by atoms with van der Waals surface area (Å²) in [6.45, 7) is 2.02. The van der Waals surface area contributed by atoms with Gasteiger partial charge in [-0.05, 0) is 12.1 Å². The third-order valence-corrected chi connectivity index (χ3v) is 3.75. The van der Waals surface area contributed by atoms with Gasteiger partial charge in [0.15, 0.2) is 0 Å². The van der Waals surface area contributed by atoms with Crippen LogP contribution in [0.5, 0.6) is 0 Å². The largest absolute Gasteiger partial charge is 0.480 e. The SMILES string of the molecule is CC(=O)Nc1ccc(-c2csc(CCNCC(=O)O)n2)cc1. The van der Waals surface area contributed by atoms with Crippen molar-refractivity contribution in [2.75, 3.05) is 18.4 Å². The van der Waals surface area contributed by atoms with E-state index in [4.69, 9.17) is 5.11 Å². The number of thiazole rings is 1. The molecule has 1 aromatic heterocycles. The van der Waals surface area contributed by atoms with Crippen LogP contribution in [0.3, 0.4) is 0 Å². The predicted molar refractivity (Wildman–Crippen MR) is 86.1 cm³/mol. The molecule has 0 atom stereocenters. The molecule has 1 heterocycles. The maximum absolute atomic E-state index is 11.0. The summed E-state index contributed by atoms with van der Waals surface area (Å²) in [6, 6.07) is 7.49. The Morgan fingerprint density at radius 1 is 1.27 bits per heavy atom. The third-order valence-electron chi connectivity index (χ3n) is 2.84. The molecule has 22 heavy (non-hydrogen) atoms. The Kier molecular flexibility index (Phi) is 5.62. The molecular weight excluding hydrogens is 302 g/mol. The highest BCUT2D eigenvalue weighted by atomic mass is 32.1. The number of carbonyl (C=O) groups excluding carboxylic acids is 1. The van der Waals surface area contributed by atoms with Gasteiger partial charge in [-0.1, -0.05) is 12.1 Å². The second-order valence-electron chi connectivity index (χ2n) is 4.71. The first-order chi connectivity index (χ1) is 10.5. The summed E-state index contributed by atoms with van der Waals surface area (Å²) in [4.78, 5) is 25.9. The van der Waals surface area contributed by atoms with Gasteiger partial charge in [-0.2, -0.15) is 0 Å². The number of nitrogens with zero attached hydrogens (tertiary/aromatic N) is 1. The molecule has 0 bridgehead atoms. The molecule has 3 N–H and O–H groups in total. The van der Waals surface area contributed by atoms with Crippen molar-refractivity contribution in [3.63, 3.8) is 0 Å². The molecule has 116 valence electrons. The van der Waals surface area contributed by atoms with E-state index in [1.54, 1.807) is 11.3 Å². The number of aliphatic carboxylic acids is 1. The van der Waals surface area contributed by atoms with Gasteiger partial charge in [0.1, 0.15) is 0 Å². The van der Waals surface area contributed by atoms with E-state index in [1.807, 2.05) is 29.6 Å². The first-order valence-corrected chi connectivity index (χ1v) is 7.67. The fraction of sp³-hybridized carbons (Fsp3) is 0.267. The quantitative estimate of drug-likeness (QED) is 0.679. The van der Waals surface area contributed by atoms with Crippen molar-refractivity contribution < 1.29 is 14.7 Å². The standard InChI is InChI=1S/C15H17N3O3S/c1-10(19)17-12-4-2-11(3-5-12)13-9-22-14(18-13)6-7-16-8-15(20)21/h2-5,9,16H,6-8H2,1H3,(H,17,19)(H,20,21). The van der Waals surface area contributed by atoms with Crippen molar-refractivity contribution in [2.24, 2.45) is 0 Å². The Morgan fingerprint density at radius 3 is 2.64 bits per heavy atom. The van der Waals surface area contributed by atoms with Gasteiger partial charge in [0, 0.05) is 36.5 Å². The van der Waals surface area contributed by atoms with Crippen molar-refractivity contribution >= 4 is 28.9 Å². The van der Waals surface area contributed by atoms with Crippen molar-refractivity contribution in [3.05, 3.63) is 34.7 Å². The van der Waals surface area contributed by atoms with E-state index in [-0.39, 0.29) is 12.5 Å². The fourth-order valence-corrected chi connectivity index (χ4v) is 2.68. The molecule has 2 rings (SSSR count). The number of carboxylic acids is 1. The number of carboxylic acid groups (broad SMARTS) is 1. The van der Waals surface area contributed by atoms with Gasteiger partial charge < -0.3 is 15.7 Å². The number of hydrogen-bond donors (Lipinski definition) is 3. The summed E-state index contributed by atoms with van der Waals surface area (Å²) in [7, 11) is 0. The molecule has 0 aliphatic rings. The molecule has 0 radical (unpaired) electrons. The van der Waals surface area contributed by atoms with Crippen LogP contribution in [-0.2, 0) is 16.0 Å². The van der Waals surface area contributed by atoms with Crippen molar-refractivity contribution in [2.45, 2.75) is 13.3 Å². The summed E-state index contributed by atoms with van der Waals surface area (Å²) in [5.41, 5.74) is 2.62. The molecule has 0 aliphatic heterocycles. The third kappa shape index (κ3) is 4.94. The lowest BCUT2D eigenvalue weighted by molar-refractivity contribution is -0.136. The maximum atomic E-state index is 11.0. The van der Waals surface area contributed by atoms with Crippen LogP contribution in [0.2, 0.25) is 0 Å². The van der Waals surface area contributed by atoms with E-state index in [2.05, 4.69) is 15.6 Å². The Balaban J connectivity index is 1.93. The van der Waals surface area contributed by atoms with Crippen LogP contribution in [0.4, 0.5) is 5.69 Å². The smallest absolute Gasteiger partial charge is 0.317 e. The van der Waals surface area contributed by atoms with Crippen LogP contribution in [0.1, 0.15) is 11.9 Å². The first kappa shape index (κ1) is 16.1. The normalized spacial score (nSPS) is 10.4. The molecule has 0 unspecified atom stereocenters. The van der Waals surface area contributed by atoms with E-state index in [9.17, 15) is 9.59 Å². The number of aromatic nitrogens is 1. The highest BCUT2D eigenvalue weighted by Gasteiger charge is 2.05. The summed E-state index contributed by atoms with van der Waals surface area (Å²) in [5, 5.41) is 17.0. The highest BCUT2D eigenvalue weighted by molar-refractivity contribution is 7.09. The number of amides is 1. The molecule has 6 nitrogen and oxygen atoms in total. The summed E-state index contributed by atoms with van der Waals surface area (Å²) in [5.74, 6) is -0.961. The number of rotatable bonds is 7. The van der Waals surface area contributed by atoms with Crippen LogP contribution < -0.4 is 10.6 Å². The van der Waals surface area contributed by atoms with E-state index >= 15 is 0 Å². The molecule has 0 fully saturated rings. The lowest BCUT2D eigenvalue weighted by atomic mass is 10.1. The maximum Gasteiger partial charge on any atom is 0.317 e. The Bertz CT molecular complexity index is 652. The lowest BCUT2D eigenvalue weighted by Gasteiger charge is -2.02. The molecule has 0 saturated heterocycles. The zero-order valence-corrected chi connectivity index (χ0v) is 12.9. The van der Waals surface area contributed by atoms with E-state index in [1.165, 1.54) is 6.92 Å². The molecule has 2 aromatic rings. The van der Waals surface area contributed by atoms with Gasteiger partial charge in [-0.25, -0.2) is 4.98 Å². The summed E-state index contributed by atoms with van der Waals surface area (Å²) in [6.07, 6.45) is 0.696. The molecule has 7 heteroatoms. The second-order valence-corrected chi connectivity index (χ2v) is 5.65. The van der Waals surface area contributed by atoms with Crippen LogP contribution in [-0.4, -0.2) is 35.1 Å². The second kappa shape index (κ2) is 7.67. The van der Waals surface area contributed by atoms with E-state index < -0.39 is 5.97 Å². The van der Waals surface area contributed by atoms with Crippen LogP contribution in [0.25, 0.3) is 11.3 Å². The Hall–Kier alpha value is -2.25. The Morgan fingerprint density at radius 2 is 2.00 bits per heavy atom. The van der Waals surface area contributed by atoms with Gasteiger partial charge in [-0.15, -0.1) is 11.3 Å². The van der Waals surface area contributed by atoms with Crippen LogP contribution in [0.15, 0.2) is 29.6 Å². The van der Waals surface area contributed by atoms with E-state index in [0.717, 1.165) is 22.0 Å². The summed E-state index contributed by atoms with van der Waals surface area (Å²) >= 11 is 1.55. The average molecular weight is 319 g/mol. The number of hydrogen-bond acceptors (Lipinski definition) is 5. The lowest BCUT2D eigenvalue weighted by Crippen LogP contribution is -2.24. The predicted octanol–water partition coefficient (Wildman–Crippen LogP) is 1.99. The molecule has 0 aliphatic carbocycles. The Labute approximate surface area is 132 Å². The van der Waals surface area contributed by atoms with Gasteiger partial charge in [-0.3, -0.25) is 9.59 Å². The molecule has 0 saturated carbocycles. The minimum absolute atomic E-state index is 0.0388. The summed E-state index contributed by atoms with van der Waals surface area (Å²) < 4.78 is 0. The number of anilines is 1. The first-order valence-electron chi connectivity index (χ1n) is 6.79. The van der Waals surface area contributed by atoms with Gasteiger partial charge in [0.2, 0.25) is 5.91 Å². The zero-order chi connectivity index (χ0) is 15.9. The van der Waals surface area contributed by atoms with Gasteiger partial charge in [0.25, 0.3) is 0 Å². The van der Waals surface area contributed by atoms with E-state index in [0.29, 0.717) is 13.0 Å². The number of nitrogens with one attached hydrogen (secondary N) is 2. The molecular formula is C15H17N3O3S. The number of carbonyl (C=O) groups is 2. The number of benzene rings is 1. The van der Waals surface area contributed by atoms with Gasteiger partial charge >= 0.3 is 5.97 Å².